The molecule has 1 aliphatic heterocycles. The van der Waals surface area contributed by atoms with Gasteiger partial charge in [-0.1, -0.05) is 0 Å². The smallest absolute Gasteiger partial charge is 0.410 e. The maximum atomic E-state index is 12.4. The topological polar surface area (TPSA) is 96.9 Å². The van der Waals surface area contributed by atoms with Gasteiger partial charge in [-0.25, -0.2) is 9.78 Å². The normalized spacial score (nSPS) is 13.1. The molecule has 0 unspecified atom stereocenters. The lowest BCUT2D eigenvalue weighted by molar-refractivity contribution is 0.0240. The van der Waals surface area contributed by atoms with E-state index < -0.39 is 5.60 Å². The zero-order valence-corrected chi connectivity index (χ0v) is 21.9. The molecular formula is C22H30BrN5O4S. The van der Waals surface area contributed by atoms with Crippen LogP contribution in [0.2, 0.25) is 0 Å². The van der Waals surface area contributed by atoms with Gasteiger partial charge in [-0.05, 0) is 42.8 Å². The third-order valence-corrected chi connectivity index (χ3v) is 5.39. The number of piperazine rings is 1. The second kappa shape index (κ2) is 13.8. The fraction of sp³-hybridized carbons (Fsp3) is 0.455. The van der Waals surface area contributed by atoms with Crippen LogP contribution in [-0.2, 0) is 9.47 Å². The van der Waals surface area contributed by atoms with Crippen LogP contribution in [0.4, 0.5) is 16.2 Å². The number of pyridine rings is 1. The number of ether oxygens (including phenoxy) is 2. The molecule has 1 aliphatic rings. The standard InChI is InChI=1S/C18H22BrN5O3S.C2H6O.C2H2/c1-18(2,3)27-17(26)24-8-6-23(7-9-24)14-4-5-20-10-12(14)21-15(25)13-11-28-16(19)22-13;1-3-2;1-2/h4-5,10-11H,6-9H2,1-3H3,(H,21,25);1-2H3;1-2H. The van der Waals surface area contributed by atoms with Gasteiger partial charge in [-0.15, -0.1) is 24.2 Å². The van der Waals surface area contributed by atoms with Gasteiger partial charge in [0.2, 0.25) is 0 Å². The minimum absolute atomic E-state index is 0.288. The van der Waals surface area contributed by atoms with Crippen molar-refractivity contribution in [2.24, 2.45) is 0 Å². The van der Waals surface area contributed by atoms with Crippen LogP contribution in [0.3, 0.4) is 0 Å². The van der Waals surface area contributed by atoms with E-state index >= 15 is 0 Å². The Morgan fingerprint density at radius 2 is 1.79 bits per heavy atom. The van der Waals surface area contributed by atoms with E-state index in [2.05, 4.69) is 53.7 Å². The molecule has 1 N–H and O–H groups in total. The predicted molar refractivity (Wildman–Crippen MR) is 135 cm³/mol. The molecule has 3 rings (SSSR count). The second-order valence-electron chi connectivity index (χ2n) is 7.70. The molecule has 3 heterocycles. The van der Waals surface area contributed by atoms with Gasteiger partial charge in [0.25, 0.3) is 5.91 Å². The lowest BCUT2D eigenvalue weighted by atomic mass is 10.2. The van der Waals surface area contributed by atoms with Gasteiger partial charge in [-0.2, -0.15) is 0 Å². The Balaban J connectivity index is 0.00000101. The molecule has 2 aromatic rings. The highest BCUT2D eigenvalue weighted by atomic mass is 79.9. The van der Waals surface area contributed by atoms with E-state index in [9.17, 15) is 9.59 Å². The summed E-state index contributed by atoms with van der Waals surface area (Å²) in [5.74, 6) is -0.288. The van der Waals surface area contributed by atoms with Crippen molar-refractivity contribution in [1.82, 2.24) is 14.9 Å². The molecule has 0 bridgehead atoms. The van der Waals surface area contributed by atoms with Gasteiger partial charge in [0.15, 0.2) is 3.92 Å². The number of carbonyl (C=O) groups is 2. The Morgan fingerprint density at radius 3 is 2.30 bits per heavy atom. The third kappa shape index (κ3) is 9.37. The van der Waals surface area contributed by atoms with Gasteiger partial charge in [0, 0.05) is 52.0 Å². The van der Waals surface area contributed by atoms with Gasteiger partial charge in [-0.3, -0.25) is 9.78 Å². The Kier molecular flexibility index (Phi) is 11.8. The average Bonchev–Trinajstić information content (AvgIpc) is 3.22. The van der Waals surface area contributed by atoms with Crippen LogP contribution in [0.5, 0.6) is 0 Å². The molecule has 0 saturated carbocycles. The molecule has 2 aromatic heterocycles. The SMILES string of the molecule is C#C.CC(C)(C)OC(=O)N1CCN(c2ccncc2NC(=O)c2csc(Br)n2)CC1.COC. The second-order valence-corrected chi connectivity index (χ2v) is 9.83. The fourth-order valence-electron chi connectivity index (χ4n) is 2.76. The Bertz CT molecular complexity index is 921. The summed E-state index contributed by atoms with van der Waals surface area (Å²) in [6.07, 6.45) is 11.0. The highest BCUT2D eigenvalue weighted by Crippen LogP contribution is 2.27. The number of hydrogen-bond acceptors (Lipinski definition) is 8. The number of anilines is 2. The van der Waals surface area contributed by atoms with Crippen LogP contribution in [0.15, 0.2) is 27.8 Å². The number of nitrogens with zero attached hydrogens (tertiary/aromatic N) is 4. The summed E-state index contributed by atoms with van der Waals surface area (Å²) in [5.41, 5.74) is 1.31. The number of rotatable bonds is 3. The molecule has 0 aliphatic carbocycles. The molecule has 9 nitrogen and oxygen atoms in total. The van der Waals surface area contributed by atoms with Gasteiger partial charge < -0.3 is 24.6 Å². The first kappa shape index (κ1) is 28.4. The number of methoxy groups -OCH3 is 1. The summed E-state index contributed by atoms with van der Waals surface area (Å²) in [6, 6.07) is 1.86. The van der Waals surface area contributed by atoms with Crippen molar-refractivity contribution in [3.8, 4) is 12.8 Å². The quantitative estimate of drug-likeness (QED) is 0.585. The molecule has 0 aromatic carbocycles. The van der Waals surface area contributed by atoms with Crippen LogP contribution < -0.4 is 10.2 Å². The number of hydrogen-bond donors (Lipinski definition) is 1. The molecular weight excluding hydrogens is 510 g/mol. The maximum absolute atomic E-state index is 12.4. The zero-order valence-electron chi connectivity index (χ0n) is 19.5. The number of thiazole rings is 1. The monoisotopic (exact) mass is 539 g/mol. The lowest BCUT2D eigenvalue weighted by Crippen LogP contribution is -2.50. The van der Waals surface area contributed by atoms with E-state index in [1.54, 1.807) is 36.9 Å². The minimum atomic E-state index is -0.512. The highest BCUT2D eigenvalue weighted by molar-refractivity contribution is 9.11. The summed E-state index contributed by atoms with van der Waals surface area (Å²) in [4.78, 5) is 36.8. The van der Waals surface area contributed by atoms with E-state index in [0.29, 0.717) is 41.5 Å². The van der Waals surface area contributed by atoms with E-state index in [-0.39, 0.29) is 12.0 Å². The Hall–Kier alpha value is -2.68. The van der Waals surface area contributed by atoms with Crippen LogP contribution in [0.25, 0.3) is 0 Å². The van der Waals surface area contributed by atoms with Crippen molar-refractivity contribution >= 4 is 50.6 Å². The van der Waals surface area contributed by atoms with E-state index in [0.717, 1.165) is 5.69 Å². The Labute approximate surface area is 207 Å². The fourth-order valence-corrected chi connectivity index (χ4v) is 3.75. The van der Waals surface area contributed by atoms with Crippen molar-refractivity contribution in [2.75, 3.05) is 50.6 Å². The van der Waals surface area contributed by atoms with Crippen LogP contribution in [0.1, 0.15) is 31.3 Å². The molecule has 33 heavy (non-hydrogen) atoms. The first-order valence-corrected chi connectivity index (χ1v) is 11.6. The van der Waals surface area contributed by atoms with Crippen molar-refractivity contribution in [3.05, 3.63) is 33.5 Å². The molecule has 1 fully saturated rings. The number of nitrogens with one attached hydrogen (secondary N) is 1. The molecule has 180 valence electrons. The molecule has 2 amide bonds. The third-order valence-electron chi connectivity index (χ3n) is 4.03. The molecule has 11 heteroatoms. The Morgan fingerprint density at radius 1 is 1.18 bits per heavy atom. The van der Waals surface area contributed by atoms with Crippen LogP contribution in [-0.4, -0.2) is 72.9 Å². The van der Waals surface area contributed by atoms with Gasteiger partial charge >= 0.3 is 6.09 Å². The van der Waals surface area contributed by atoms with Crippen LogP contribution >= 0.6 is 27.3 Å². The molecule has 0 atom stereocenters. The first-order chi connectivity index (χ1) is 15.6. The molecule has 1 saturated heterocycles. The van der Waals surface area contributed by atoms with Gasteiger partial charge in [0.1, 0.15) is 11.3 Å². The van der Waals surface area contributed by atoms with Gasteiger partial charge in [0.05, 0.1) is 17.6 Å². The van der Waals surface area contributed by atoms with Crippen molar-refractivity contribution in [3.63, 3.8) is 0 Å². The molecule has 0 radical (unpaired) electrons. The van der Waals surface area contributed by atoms with Crippen LogP contribution in [0, 0.1) is 12.8 Å². The number of halogens is 1. The predicted octanol–water partition coefficient (Wildman–Crippen LogP) is 4.12. The first-order valence-electron chi connectivity index (χ1n) is 9.97. The van der Waals surface area contributed by atoms with Crippen molar-refractivity contribution in [2.45, 2.75) is 26.4 Å². The zero-order chi connectivity index (χ0) is 25.0. The summed E-state index contributed by atoms with van der Waals surface area (Å²) in [7, 11) is 3.25. The van der Waals surface area contributed by atoms with E-state index in [4.69, 9.17) is 4.74 Å². The summed E-state index contributed by atoms with van der Waals surface area (Å²) in [5, 5.41) is 4.57. The summed E-state index contributed by atoms with van der Waals surface area (Å²) < 4.78 is 10.3. The highest BCUT2D eigenvalue weighted by Gasteiger charge is 2.27. The average molecular weight is 540 g/mol. The largest absolute Gasteiger partial charge is 0.444 e. The van der Waals surface area contributed by atoms with E-state index in [1.165, 1.54) is 11.3 Å². The summed E-state index contributed by atoms with van der Waals surface area (Å²) >= 11 is 4.61. The minimum Gasteiger partial charge on any atom is -0.444 e. The maximum Gasteiger partial charge on any atom is 0.410 e. The van der Waals surface area contributed by atoms with Crippen molar-refractivity contribution in [1.29, 1.82) is 0 Å². The number of terminal acetylenes is 1. The van der Waals surface area contributed by atoms with E-state index in [1.807, 2.05) is 26.8 Å². The number of amides is 2. The lowest BCUT2D eigenvalue weighted by Gasteiger charge is -2.37. The number of carbonyl (C=O) groups excluding carboxylic acids is 2. The van der Waals surface area contributed by atoms with Crippen molar-refractivity contribution < 1.29 is 19.1 Å². The number of aromatic nitrogens is 2. The summed E-state index contributed by atoms with van der Waals surface area (Å²) in [6.45, 7) is 7.92. The molecule has 0 spiro atoms.